The summed E-state index contributed by atoms with van der Waals surface area (Å²) in [4.78, 5) is 1.87. The van der Waals surface area contributed by atoms with Gasteiger partial charge in [-0.05, 0) is 25.7 Å². The van der Waals surface area contributed by atoms with E-state index in [1.165, 1.54) is 45.3 Å². The molecule has 0 saturated heterocycles. The number of quaternary nitrogens is 1. The number of halogens is 4. The van der Waals surface area contributed by atoms with Gasteiger partial charge in [0.2, 0.25) is 0 Å². The minimum absolute atomic E-state index is 0.478. The van der Waals surface area contributed by atoms with Crippen LogP contribution in [0.5, 0.6) is 0 Å². The predicted molar refractivity (Wildman–Crippen MR) is 79.9 cm³/mol. The van der Waals surface area contributed by atoms with Gasteiger partial charge >= 0.3 is 7.25 Å². The van der Waals surface area contributed by atoms with Crippen molar-refractivity contribution in [2.24, 2.45) is 16.2 Å². The fourth-order valence-corrected chi connectivity index (χ4v) is 2.92. The standard InChI is InChI=1S/C15H29N.BF4/c1-13(2,3)10-16(11-14(4)6-7-14)12-15(5)8-9-15;2-1(3,4)5/h6-12H2,1-5H3;/q;-1/p+1. The maximum Gasteiger partial charge on any atom is 0.673 e. The molecular weight excluding hydrogens is 281 g/mol. The van der Waals surface area contributed by atoms with Gasteiger partial charge in [-0.2, -0.15) is 0 Å². The predicted octanol–water partition coefficient (Wildman–Crippen LogP) is 3.82. The zero-order chi connectivity index (χ0) is 16.5. The molecule has 1 nitrogen and oxygen atoms in total. The summed E-state index contributed by atoms with van der Waals surface area (Å²) in [6.45, 7) is 16.3. The van der Waals surface area contributed by atoms with Crippen LogP contribution in [0.4, 0.5) is 17.3 Å². The highest BCUT2D eigenvalue weighted by atomic mass is 19.5. The Kier molecular flexibility index (Phi) is 5.45. The number of nitrogens with one attached hydrogen (secondary N) is 1. The first-order valence-corrected chi connectivity index (χ1v) is 7.91. The van der Waals surface area contributed by atoms with E-state index in [0.717, 1.165) is 0 Å². The van der Waals surface area contributed by atoms with Gasteiger partial charge in [0.05, 0.1) is 19.6 Å². The average molecular weight is 311 g/mol. The van der Waals surface area contributed by atoms with E-state index in [-0.39, 0.29) is 0 Å². The zero-order valence-corrected chi connectivity index (χ0v) is 14.0. The Balaban J connectivity index is 0.000000383. The SMILES string of the molecule is CC(C)(C)C[NH+](CC1(C)CC1)CC1(C)CC1.F[B-](F)(F)F. The van der Waals surface area contributed by atoms with Crippen molar-refractivity contribution in [3.63, 3.8) is 0 Å². The van der Waals surface area contributed by atoms with E-state index in [9.17, 15) is 17.3 Å². The van der Waals surface area contributed by atoms with E-state index in [4.69, 9.17) is 0 Å². The van der Waals surface area contributed by atoms with Crippen molar-refractivity contribution >= 4 is 7.25 Å². The molecule has 0 aromatic rings. The van der Waals surface area contributed by atoms with E-state index in [1.807, 2.05) is 4.90 Å². The summed E-state index contributed by atoms with van der Waals surface area (Å²) in [6.07, 6.45) is 5.88. The van der Waals surface area contributed by atoms with Gasteiger partial charge in [-0.1, -0.05) is 34.6 Å². The largest absolute Gasteiger partial charge is 0.673 e. The van der Waals surface area contributed by atoms with Crippen LogP contribution in [-0.2, 0) is 0 Å². The molecule has 2 aliphatic rings. The van der Waals surface area contributed by atoms with Crippen molar-refractivity contribution < 1.29 is 22.2 Å². The van der Waals surface area contributed by atoms with Crippen molar-refractivity contribution in [1.29, 1.82) is 0 Å². The maximum absolute atomic E-state index is 9.75. The van der Waals surface area contributed by atoms with Crippen molar-refractivity contribution in [3.05, 3.63) is 0 Å². The Bertz CT molecular complexity index is 304. The Morgan fingerprint density at radius 1 is 0.857 bits per heavy atom. The monoisotopic (exact) mass is 311 g/mol. The minimum atomic E-state index is -6.00. The van der Waals surface area contributed by atoms with Crippen molar-refractivity contribution in [3.8, 4) is 0 Å². The van der Waals surface area contributed by atoms with Crippen LogP contribution in [0.2, 0.25) is 0 Å². The van der Waals surface area contributed by atoms with E-state index < -0.39 is 7.25 Å². The summed E-state index contributed by atoms with van der Waals surface area (Å²) >= 11 is 0. The molecule has 2 aliphatic carbocycles. The Hall–Kier alpha value is -0.255. The molecule has 0 heterocycles. The third-order valence-electron chi connectivity index (χ3n) is 4.34. The van der Waals surface area contributed by atoms with Gasteiger partial charge in [0.1, 0.15) is 0 Å². The number of hydrogen-bond donors (Lipinski definition) is 1. The maximum atomic E-state index is 9.75. The second-order valence-corrected chi connectivity index (χ2v) is 8.96. The topological polar surface area (TPSA) is 4.44 Å². The highest BCUT2D eigenvalue weighted by molar-refractivity contribution is 6.50. The van der Waals surface area contributed by atoms with Crippen LogP contribution >= 0.6 is 0 Å². The molecule has 0 bridgehead atoms. The average Bonchev–Trinajstić information content (AvgIpc) is 3.03. The molecule has 2 saturated carbocycles. The summed E-state index contributed by atoms with van der Waals surface area (Å²) < 4.78 is 39.0. The van der Waals surface area contributed by atoms with Crippen molar-refractivity contribution in [1.82, 2.24) is 0 Å². The molecule has 2 fully saturated rings. The van der Waals surface area contributed by atoms with Crippen LogP contribution < -0.4 is 4.90 Å². The summed E-state index contributed by atoms with van der Waals surface area (Å²) in [5, 5.41) is 0. The third-order valence-corrected chi connectivity index (χ3v) is 4.34. The van der Waals surface area contributed by atoms with E-state index >= 15 is 0 Å². The molecule has 126 valence electrons. The Labute approximate surface area is 126 Å². The van der Waals surface area contributed by atoms with Gasteiger partial charge in [-0.3, -0.25) is 0 Å². The fourth-order valence-electron chi connectivity index (χ4n) is 2.92. The molecule has 0 spiro atoms. The summed E-state index contributed by atoms with van der Waals surface area (Å²) in [5.74, 6) is 0. The normalized spacial score (nSPS) is 22.6. The van der Waals surface area contributed by atoms with E-state index in [1.54, 1.807) is 0 Å². The van der Waals surface area contributed by atoms with Gasteiger partial charge in [-0.15, -0.1) is 0 Å². The van der Waals surface area contributed by atoms with Crippen molar-refractivity contribution in [2.75, 3.05) is 19.6 Å². The van der Waals surface area contributed by atoms with Gasteiger partial charge in [0, 0.05) is 16.2 Å². The van der Waals surface area contributed by atoms with Crippen LogP contribution in [0.25, 0.3) is 0 Å². The Morgan fingerprint density at radius 3 is 1.33 bits per heavy atom. The van der Waals surface area contributed by atoms with Gasteiger partial charge < -0.3 is 22.2 Å². The first kappa shape index (κ1) is 18.8. The van der Waals surface area contributed by atoms with E-state index in [2.05, 4.69) is 34.6 Å². The lowest BCUT2D eigenvalue weighted by atomic mass is 9.94. The van der Waals surface area contributed by atoms with Gasteiger partial charge in [0.25, 0.3) is 0 Å². The van der Waals surface area contributed by atoms with Crippen LogP contribution in [0.15, 0.2) is 0 Å². The first-order valence-electron chi connectivity index (χ1n) is 7.91. The van der Waals surface area contributed by atoms with Gasteiger partial charge in [-0.25, -0.2) is 0 Å². The van der Waals surface area contributed by atoms with Gasteiger partial charge in [0.15, 0.2) is 0 Å². The smallest absolute Gasteiger partial charge is 0.418 e. The minimum Gasteiger partial charge on any atom is -0.418 e. The molecular formula is C15H30BF4N. The molecule has 0 unspecified atom stereocenters. The lowest BCUT2D eigenvalue weighted by Gasteiger charge is -2.31. The lowest BCUT2D eigenvalue weighted by Crippen LogP contribution is -3.14. The summed E-state index contributed by atoms with van der Waals surface area (Å²) in [5.41, 5.74) is 1.88. The summed E-state index contributed by atoms with van der Waals surface area (Å²) in [7, 11) is -6.00. The third kappa shape index (κ3) is 10.2. The van der Waals surface area contributed by atoms with Crippen LogP contribution in [-0.4, -0.2) is 26.9 Å². The molecule has 6 heteroatoms. The molecule has 21 heavy (non-hydrogen) atoms. The molecule has 1 N–H and O–H groups in total. The molecule has 0 amide bonds. The molecule has 0 radical (unpaired) electrons. The summed E-state index contributed by atoms with van der Waals surface area (Å²) in [6, 6.07) is 0. The molecule has 0 aromatic heterocycles. The second-order valence-electron chi connectivity index (χ2n) is 8.96. The second kappa shape index (κ2) is 6.09. The molecule has 2 rings (SSSR count). The highest BCUT2D eigenvalue weighted by Crippen LogP contribution is 2.45. The van der Waals surface area contributed by atoms with Crippen LogP contribution in [0, 0.1) is 16.2 Å². The highest BCUT2D eigenvalue weighted by Gasteiger charge is 2.46. The zero-order valence-electron chi connectivity index (χ0n) is 14.0. The van der Waals surface area contributed by atoms with Crippen molar-refractivity contribution in [2.45, 2.75) is 60.3 Å². The Morgan fingerprint density at radius 2 is 1.14 bits per heavy atom. The molecule has 0 aromatic carbocycles. The van der Waals surface area contributed by atoms with E-state index in [0.29, 0.717) is 16.2 Å². The quantitative estimate of drug-likeness (QED) is 0.581. The van der Waals surface area contributed by atoms with Crippen LogP contribution in [0.3, 0.4) is 0 Å². The lowest BCUT2D eigenvalue weighted by molar-refractivity contribution is -0.915. The first-order chi connectivity index (χ1) is 9.20. The number of rotatable bonds is 5. The van der Waals surface area contributed by atoms with Crippen LogP contribution in [0.1, 0.15) is 60.3 Å². The molecule has 0 aliphatic heterocycles. The fraction of sp³-hybridized carbons (Fsp3) is 1.00. The number of hydrogen-bond acceptors (Lipinski definition) is 0. The molecule has 0 atom stereocenters.